The molecule has 1 aliphatic heterocycles. The highest BCUT2D eigenvalue weighted by Crippen LogP contribution is 2.25. The Morgan fingerprint density at radius 2 is 1.79 bits per heavy atom. The Kier molecular flexibility index (Phi) is 5.07. The van der Waals surface area contributed by atoms with Gasteiger partial charge in [-0.2, -0.15) is 0 Å². The maximum Gasteiger partial charge on any atom is 0.233 e. The summed E-state index contributed by atoms with van der Waals surface area (Å²) in [7, 11) is 0. The number of hydrogen-bond donors (Lipinski definition) is 1. The van der Waals surface area contributed by atoms with Crippen LogP contribution in [0.2, 0.25) is 10.0 Å². The molecule has 0 bridgehead atoms. The summed E-state index contributed by atoms with van der Waals surface area (Å²) in [5, 5.41) is 3.44. The van der Waals surface area contributed by atoms with Crippen molar-refractivity contribution in [3.05, 3.63) is 63.6 Å². The molecule has 0 saturated carbocycles. The smallest absolute Gasteiger partial charge is 0.233 e. The third-order valence-electron chi connectivity index (χ3n) is 4.00. The van der Waals surface area contributed by atoms with Gasteiger partial charge in [-0.05, 0) is 35.7 Å². The summed E-state index contributed by atoms with van der Waals surface area (Å²) >= 11 is 11.8. The molecule has 1 N–H and O–H groups in total. The summed E-state index contributed by atoms with van der Waals surface area (Å²) in [6.07, 6.45) is 0.624. The fourth-order valence-corrected chi connectivity index (χ4v) is 3.03. The van der Waals surface area contributed by atoms with Crippen molar-refractivity contribution >= 4 is 40.7 Å². The van der Waals surface area contributed by atoms with E-state index >= 15 is 0 Å². The number of nitrogens with zero attached hydrogens (tertiary/aromatic N) is 1. The highest BCUT2D eigenvalue weighted by atomic mass is 35.5. The number of fused-ring (bicyclic) bond motifs is 1. The average Bonchev–Trinajstić information content (AvgIpc) is 2.57. The minimum atomic E-state index is -0.364. The highest BCUT2D eigenvalue weighted by Gasteiger charge is 2.22. The van der Waals surface area contributed by atoms with Crippen LogP contribution in [0.1, 0.15) is 17.5 Å². The Balaban J connectivity index is 1.58. The van der Waals surface area contributed by atoms with Crippen LogP contribution in [0.5, 0.6) is 0 Å². The molecular weight excluding hydrogens is 347 g/mol. The summed E-state index contributed by atoms with van der Waals surface area (Å²) < 4.78 is 0. The SMILES string of the molecule is O=C(CC(=O)N1CCc2ccccc2C1)Nc1ccc(Cl)c(Cl)c1. The van der Waals surface area contributed by atoms with Crippen molar-refractivity contribution in [2.24, 2.45) is 0 Å². The molecule has 0 spiro atoms. The van der Waals surface area contributed by atoms with Crippen molar-refractivity contribution in [1.82, 2.24) is 4.90 Å². The minimum absolute atomic E-state index is 0.179. The van der Waals surface area contributed by atoms with Gasteiger partial charge in [-0.1, -0.05) is 47.5 Å². The van der Waals surface area contributed by atoms with Crippen molar-refractivity contribution in [1.29, 1.82) is 0 Å². The molecule has 0 aromatic heterocycles. The topological polar surface area (TPSA) is 49.4 Å². The molecule has 2 aromatic rings. The number of carbonyl (C=O) groups excluding carboxylic acids is 2. The first kappa shape index (κ1) is 16.8. The molecular formula is C18H16Cl2N2O2. The van der Waals surface area contributed by atoms with E-state index in [-0.39, 0.29) is 18.2 Å². The molecule has 24 heavy (non-hydrogen) atoms. The van der Waals surface area contributed by atoms with E-state index in [2.05, 4.69) is 11.4 Å². The number of carbonyl (C=O) groups is 2. The van der Waals surface area contributed by atoms with Gasteiger partial charge in [-0.25, -0.2) is 0 Å². The first-order chi connectivity index (χ1) is 11.5. The molecule has 1 heterocycles. The van der Waals surface area contributed by atoms with Gasteiger partial charge in [-0.3, -0.25) is 9.59 Å². The second kappa shape index (κ2) is 7.24. The first-order valence-corrected chi connectivity index (χ1v) is 8.38. The van der Waals surface area contributed by atoms with Crippen LogP contribution in [-0.4, -0.2) is 23.3 Å². The minimum Gasteiger partial charge on any atom is -0.338 e. The zero-order valence-electron chi connectivity index (χ0n) is 12.9. The van der Waals surface area contributed by atoms with Crippen molar-refractivity contribution in [3.8, 4) is 0 Å². The Morgan fingerprint density at radius 1 is 1.04 bits per heavy atom. The quantitative estimate of drug-likeness (QED) is 0.841. The number of nitrogens with one attached hydrogen (secondary N) is 1. The highest BCUT2D eigenvalue weighted by molar-refractivity contribution is 6.42. The average molecular weight is 363 g/mol. The molecule has 3 rings (SSSR count). The monoisotopic (exact) mass is 362 g/mol. The second-order valence-electron chi connectivity index (χ2n) is 5.69. The predicted molar refractivity (Wildman–Crippen MR) is 95.3 cm³/mol. The number of halogens is 2. The zero-order valence-corrected chi connectivity index (χ0v) is 14.4. The maximum absolute atomic E-state index is 12.3. The largest absolute Gasteiger partial charge is 0.338 e. The molecule has 124 valence electrons. The Hall–Kier alpha value is -2.04. The van der Waals surface area contributed by atoms with Crippen molar-refractivity contribution in [2.45, 2.75) is 19.4 Å². The van der Waals surface area contributed by atoms with Gasteiger partial charge in [-0.15, -0.1) is 0 Å². The predicted octanol–water partition coefficient (Wildman–Crippen LogP) is 3.91. The van der Waals surface area contributed by atoms with E-state index in [1.54, 1.807) is 23.1 Å². The molecule has 0 atom stereocenters. The van der Waals surface area contributed by atoms with Crippen LogP contribution >= 0.6 is 23.2 Å². The number of amides is 2. The van der Waals surface area contributed by atoms with Gasteiger partial charge in [0.05, 0.1) is 10.0 Å². The lowest BCUT2D eigenvalue weighted by Crippen LogP contribution is -2.37. The fourth-order valence-electron chi connectivity index (χ4n) is 2.74. The molecule has 4 nitrogen and oxygen atoms in total. The number of anilines is 1. The van der Waals surface area contributed by atoms with Crippen LogP contribution in [0.3, 0.4) is 0 Å². The lowest BCUT2D eigenvalue weighted by Gasteiger charge is -2.28. The van der Waals surface area contributed by atoms with E-state index in [9.17, 15) is 9.59 Å². The van der Waals surface area contributed by atoms with E-state index in [0.717, 1.165) is 12.0 Å². The van der Waals surface area contributed by atoms with E-state index in [4.69, 9.17) is 23.2 Å². The lowest BCUT2D eigenvalue weighted by atomic mass is 10.00. The number of hydrogen-bond acceptors (Lipinski definition) is 2. The molecule has 0 radical (unpaired) electrons. The van der Waals surface area contributed by atoms with Crippen molar-refractivity contribution in [3.63, 3.8) is 0 Å². The van der Waals surface area contributed by atoms with Gasteiger partial charge in [0.15, 0.2) is 0 Å². The Morgan fingerprint density at radius 3 is 2.54 bits per heavy atom. The standard InChI is InChI=1S/C18H16Cl2N2O2/c19-15-6-5-14(9-16(15)20)21-17(23)10-18(24)22-8-7-12-3-1-2-4-13(12)11-22/h1-6,9H,7-8,10-11H2,(H,21,23). The Labute approximate surface area is 150 Å². The lowest BCUT2D eigenvalue weighted by molar-refractivity contribution is -0.135. The first-order valence-electron chi connectivity index (χ1n) is 7.62. The molecule has 2 amide bonds. The summed E-state index contributed by atoms with van der Waals surface area (Å²) in [6.45, 7) is 1.19. The Bertz CT molecular complexity index is 792. The van der Waals surface area contributed by atoms with Gasteiger partial charge >= 0.3 is 0 Å². The normalized spacial score (nSPS) is 13.3. The number of benzene rings is 2. The van der Waals surface area contributed by atoms with E-state index in [0.29, 0.717) is 28.8 Å². The summed E-state index contributed by atoms with van der Waals surface area (Å²) in [4.78, 5) is 26.1. The van der Waals surface area contributed by atoms with E-state index < -0.39 is 0 Å². The molecule has 2 aromatic carbocycles. The van der Waals surface area contributed by atoms with Gasteiger partial charge < -0.3 is 10.2 Å². The van der Waals surface area contributed by atoms with Crippen LogP contribution < -0.4 is 5.32 Å². The molecule has 1 aliphatic rings. The maximum atomic E-state index is 12.3. The van der Waals surface area contributed by atoms with Crippen LogP contribution in [0.25, 0.3) is 0 Å². The third kappa shape index (κ3) is 3.89. The van der Waals surface area contributed by atoms with Gasteiger partial charge in [0.25, 0.3) is 0 Å². The molecule has 0 unspecified atom stereocenters. The molecule has 0 fully saturated rings. The van der Waals surface area contributed by atoms with Crippen LogP contribution in [-0.2, 0) is 22.6 Å². The third-order valence-corrected chi connectivity index (χ3v) is 4.74. The van der Waals surface area contributed by atoms with Gasteiger partial charge in [0, 0.05) is 18.8 Å². The second-order valence-corrected chi connectivity index (χ2v) is 6.50. The summed E-state index contributed by atoms with van der Waals surface area (Å²) in [5.74, 6) is -0.542. The molecule has 6 heteroatoms. The van der Waals surface area contributed by atoms with E-state index in [1.807, 2.05) is 18.2 Å². The van der Waals surface area contributed by atoms with Gasteiger partial charge in [0.1, 0.15) is 6.42 Å². The van der Waals surface area contributed by atoms with Gasteiger partial charge in [0.2, 0.25) is 11.8 Å². The summed E-state index contributed by atoms with van der Waals surface area (Å²) in [6, 6.07) is 12.9. The molecule has 0 aliphatic carbocycles. The number of rotatable bonds is 3. The van der Waals surface area contributed by atoms with Crippen molar-refractivity contribution in [2.75, 3.05) is 11.9 Å². The summed E-state index contributed by atoms with van der Waals surface area (Å²) in [5.41, 5.74) is 2.93. The van der Waals surface area contributed by atoms with E-state index in [1.165, 1.54) is 5.56 Å². The molecule has 0 saturated heterocycles. The fraction of sp³-hybridized carbons (Fsp3) is 0.222. The zero-order chi connectivity index (χ0) is 17.1. The van der Waals surface area contributed by atoms with Crippen molar-refractivity contribution < 1.29 is 9.59 Å². The van der Waals surface area contributed by atoms with Crippen LogP contribution in [0, 0.1) is 0 Å². The van der Waals surface area contributed by atoms with Crippen LogP contribution in [0.4, 0.5) is 5.69 Å². The van der Waals surface area contributed by atoms with Crippen LogP contribution in [0.15, 0.2) is 42.5 Å².